The quantitative estimate of drug-likeness (QED) is 0.406. The van der Waals surface area contributed by atoms with Crippen LogP contribution in [0.15, 0.2) is 33.9 Å². The lowest BCUT2D eigenvalue weighted by atomic mass is 10.1. The number of imidazole rings is 1. The molecular weight excluding hydrogens is 388 g/mol. The Hall–Kier alpha value is -3.20. The highest BCUT2D eigenvalue weighted by Crippen LogP contribution is 2.16. The number of fused-ring (bicyclic) bond motifs is 1. The molecule has 0 aliphatic rings. The number of esters is 1. The second kappa shape index (κ2) is 9.08. The molecule has 3 rings (SSSR count). The summed E-state index contributed by atoms with van der Waals surface area (Å²) in [4.78, 5) is 41.5. The lowest BCUT2D eigenvalue weighted by Crippen LogP contribution is -2.37. The number of methoxy groups -OCH3 is 1. The van der Waals surface area contributed by atoms with Crippen LogP contribution < -0.4 is 11.2 Å². The number of nitrogens with zero attached hydrogens (tertiary/aromatic N) is 4. The Kier molecular flexibility index (Phi) is 6.51. The van der Waals surface area contributed by atoms with Gasteiger partial charge in [-0.15, -0.1) is 0 Å². The highest BCUT2D eigenvalue weighted by molar-refractivity contribution is 5.89. The molecule has 3 aromatic rings. The van der Waals surface area contributed by atoms with Gasteiger partial charge < -0.3 is 14.0 Å². The molecule has 0 saturated heterocycles. The molecule has 0 atom stereocenters. The van der Waals surface area contributed by atoms with E-state index in [1.165, 1.54) is 18.7 Å². The lowest BCUT2D eigenvalue weighted by molar-refractivity contribution is 0.0600. The summed E-state index contributed by atoms with van der Waals surface area (Å²) in [5.74, 6) is 0.253. The van der Waals surface area contributed by atoms with E-state index in [0.717, 1.165) is 16.6 Å². The van der Waals surface area contributed by atoms with Crippen LogP contribution >= 0.6 is 0 Å². The van der Waals surface area contributed by atoms with Crippen LogP contribution in [-0.2, 0) is 36.5 Å². The highest BCUT2D eigenvalue weighted by atomic mass is 16.5. The summed E-state index contributed by atoms with van der Waals surface area (Å²) in [5.41, 5.74) is 1.22. The van der Waals surface area contributed by atoms with E-state index in [1.807, 2.05) is 23.6 Å². The van der Waals surface area contributed by atoms with E-state index in [-0.39, 0.29) is 0 Å². The Bertz CT molecular complexity index is 1170. The molecule has 160 valence electrons. The molecule has 0 aliphatic heterocycles. The standard InChI is InChI=1S/C21H26N4O5/c1-5-11-30-12-10-16-22-18-17(19(26)24(3)21(28)23(18)2)25(16)13-14-6-8-15(9-7-14)20(27)29-4/h6-9H,5,10-13H2,1-4H3. The molecule has 0 saturated carbocycles. The molecule has 0 aliphatic carbocycles. The summed E-state index contributed by atoms with van der Waals surface area (Å²) in [6.07, 6.45) is 1.42. The normalized spacial score (nSPS) is 11.2. The molecular formula is C21H26N4O5. The molecule has 0 bridgehead atoms. The maximum absolute atomic E-state index is 12.9. The molecule has 0 fully saturated rings. The van der Waals surface area contributed by atoms with Crippen LogP contribution in [0.5, 0.6) is 0 Å². The first-order valence-electron chi connectivity index (χ1n) is 9.79. The Balaban J connectivity index is 2.07. The van der Waals surface area contributed by atoms with Crippen LogP contribution in [0, 0.1) is 0 Å². The summed E-state index contributed by atoms with van der Waals surface area (Å²) in [5, 5.41) is 0. The molecule has 2 heterocycles. The Labute approximate surface area is 173 Å². The van der Waals surface area contributed by atoms with Crippen LogP contribution in [0.4, 0.5) is 0 Å². The van der Waals surface area contributed by atoms with Crippen molar-refractivity contribution in [3.8, 4) is 0 Å². The minimum atomic E-state index is -0.423. The third-order valence-electron chi connectivity index (χ3n) is 4.96. The fraction of sp³-hybridized carbons (Fsp3) is 0.429. The summed E-state index contributed by atoms with van der Waals surface area (Å²) >= 11 is 0. The van der Waals surface area contributed by atoms with E-state index >= 15 is 0 Å². The van der Waals surface area contributed by atoms with Crippen molar-refractivity contribution in [1.82, 2.24) is 18.7 Å². The summed E-state index contributed by atoms with van der Waals surface area (Å²) in [6, 6.07) is 6.97. The maximum Gasteiger partial charge on any atom is 0.337 e. The minimum absolute atomic E-state index is 0.347. The summed E-state index contributed by atoms with van der Waals surface area (Å²) in [6.45, 7) is 3.52. The summed E-state index contributed by atoms with van der Waals surface area (Å²) < 4.78 is 14.6. The Morgan fingerprint density at radius 1 is 1.07 bits per heavy atom. The predicted octanol–water partition coefficient (Wildman–Crippen LogP) is 1.24. The van der Waals surface area contributed by atoms with Crippen molar-refractivity contribution in [3.63, 3.8) is 0 Å². The van der Waals surface area contributed by atoms with Gasteiger partial charge in [0.15, 0.2) is 11.2 Å². The van der Waals surface area contributed by atoms with Crippen LogP contribution in [0.1, 0.15) is 35.1 Å². The van der Waals surface area contributed by atoms with E-state index in [9.17, 15) is 14.4 Å². The van der Waals surface area contributed by atoms with E-state index < -0.39 is 17.2 Å². The van der Waals surface area contributed by atoms with Gasteiger partial charge in [-0.1, -0.05) is 19.1 Å². The number of rotatable bonds is 8. The van der Waals surface area contributed by atoms with Gasteiger partial charge in [-0.3, -0.25) is 13.9 Å². The molecule has 9 heteroatoms. The van der Waals surface area contributed by atoms with Crippen molar-refractivity contribution >= 4 is 17.1 Å². The number of ether oxygens (including phenoxy) is 2. The minimum Gasteiger partial charge on any atom is -0.465 e. The Morgan fingerprint density at radius 2 is 1.77 bits per heavy atom. The van der Waals surface area contributed by atoms with Gasteiger partial charge in [-0.25, -0.2) is 14.6 Å². The summed E-state index contributed by atoms with van der Waals surface area (Å²) in [7, 11) is 4.39. The van der Waals surface area contributed by atoms with Gasteiger partial charge in [0, 0.05) is 33.7 Å². The first-order valence-corrected chi connectivity index (χ1v) is 9.79. The molecule has 9 nitrogen and oxygen atoms in total. The molecule has 30 heavy (non-hydrogen) atoms. The van der Waals surface area contributed by atoms with Crippen molar-refractivity contribution < 1.29 is 14.3 Å². The van der Waals surface area contributed by atoms with Crippen molar-refractivity contribution in [2.75, 3.05) is 20.3 Å². The van der Waals surface area contributed by atoms with Gasteiger partial charge in [0.05, 0.1) is 19.3 Å². The van der Waals surface area contributed by atoms with Gasteiger partial charge in [0.2, 0.25) is 0 Å². The highest BCUT2D eigenvalue weighted by Gasteiger charge is 2.19. The van der Waals surface area contributed by atoms with E-state index in [2.05, 4.69) is 4.98 Å². The zero-order chi connectivity index (χ0) is 21.8. The molecule has 0 N–H and O–H groups in total. The van der Waals surface area contributed by atoms with Gasteiger partial charge >= 0.3 is 11.7 Å². The van der Waals surface area contributed by atoms with Crippen LogP contribution in [0.3, 0.4) is 0 Å². The van der Waals surface area contributed by atoms with Crippen LogP contribution in [0.2, 0.25) is 0 Å². The van der Waals surface area contributed by atoms with Crippen LogP contribution in [0.25, 0.3) is 11.2 Å². The van der Waals surface area contributed by atoms with Gasteiger partial charge in [-0.05, 0) is 24.1 Å². The van der Waals surface area contributed by atoms with Crippen LogP contribution in [-0.4, -0.2) is 45.0 Å². The number of hydrogen-bond donors (Lipinski definition) is 0. The zero-order valence-electron chi connectivity index (χ0n) is 17.7. The first-order chi connectivity index (χ1) is 14.4. The molecule has 0 unspecified atom stereocenters. The molecule has 2 aromatic heterocycles. The fourth-order valence-corrected chi connectivity index (χ4v) is 3.31. The topological polar surface area (TPSA) is 97.4 Å². The number of aryl methyl sites for hydroxylation is 1. The third-order valence-corrected chi connectivity index (χ3v) is 4.96. The smallest absolute Gasteiger partial charge is 0.337 e. The molecule has 0 radical (unpaired) electrons. The van der Waals surface area contributed by atoms with E-state index in [1.54, 1.807) is 19.2 Å². The lowest BCUT2D eigenvalue weighted by Gasteiger charge is -2.11. The number of carbonyl (C=O) groups is 1. The van der Waals surface area contributed by atoms with Gasteiger partial charge in [0.1, 0.15) is 5.82 Å². The maximum atomic E-state index is 12.9. The molecule has 0 amide bonds. The van der Waals surface area contributed by atoms with E-state index in [0.29, 0.717) is 48.7 Å². The second-order valence-corrected chi connectivity index (χ2v) is 7.04. The fourth-order valence-electron chi connectivity index (χ4n) is 3.31. The average Bonchev–Trinajstić information content (AvgIpc) is 3.12. The number of aromatic nitrogens is 4. The first kappa shape index (κ1) is 21.5. The number of carbonyl (C=O) groups excluding carboxylic acids is 1. The van der Waals surface area contributed by atoms with E-state index in [4.69, 9.17) is 9.47 Å². The molecule has 0 spiro atoms. The number of benzene rings is 1. The zero-order valence-corrected chi connectivity index (χ0v) is 17.7. The largest absolute Gasteiger partial charge is 0.465 e. The van der Waals surface area contributed by atoms with Crippen molar-refractivity contribution in [1.29, 1.82) is 0 Å². The second-order valence-electron chi connectivity index (χ2n) is 7.04. The Morgan fingerprint density at radius 3 is 2.40 bits per heavy atom. The van der Waals surface area contributed by atoms with Gasteiger partial charge in [-0.2, -0.15) is 0 Å². The van der Waals surface area contributed by atoms with Crippen molar-refractivity contribution in [2.45, 2.75) is 26.3 Å². The average molecular weight is 414 g/mol. The van der Waals surface area contributed by atoms with Crippen molar-refractivity contribution in [2.24, 2.45) is 14.1 Å². The number of hydrogen-bond acceptors (Lipinski definition) is 6. The predicted molar refractivity (Wildman–Crippen MR) is 112 cm³/mol. The van der Waals surface area contributed by atoms with Crippen molar-refractivity contribution in [3.05, 3.63) is 62.1 Å². The third kappa shape index (κ3) is 4.06. The monoisotopic (exact) mass is 414 g/mol. The van der Waals surface area contributed by atoms with Gasteiger partial charge in [0.25, 0.3) is 5.56 Å². The molecule has 1 aromatic carbocycles. The SMILES string of the molecule is CCCOCCc1nc2c(c(=O)n(C)c(=O)n2C)n1Cc1ccc(C(=O)OC)cc1.